The quantitative estimate of drug-likeness (QED) is 0.814. The third-order valence-electron chi connectivity index (χ3n) is 3.33. The van der Waals surface area contributed by atoms with E-state index in [9.17, 15) is 13.2 Å². The van der Waals surface area contributed by atoms with E-state index in [1.807, 2.05) is 18.9 Å². The number of anilines is 2. The van der Waals surface area contributed by atoms with Gasteiger partial charge in [-0.25, -0.2) is 8.42 Å². The molecule has 0 aliphatic heterocycles. The van der Waals surface area contributed by atoms with Crippen LogP contribution < -0.4 is 10.6 Å². The lowest BCUT2D eigenvalue weighted by atomic mass is 10.2. The molecule has 0 unspecified atom stereocenters. The summed E-state index contributed by atoms with van der Waals surface area (Å²) in [5.74, 6) is 0.0289. The molecule has 1 aliphatic carbocycles. The number of nitrogens with zero attached hydrogens (tertiary/aromatic N) is 1. The second kappa shape index (κ2) is 5.37. The first-order valence-electron chi connectivity index (χ1n) is 6.65. The van der Waals surface area contributed by atoms with Gasteiger partial charge in [-0.2, -0.15) is 0 Å². The smallest absolute Gasteiger partial charge is 0.180 e. The van der Waals surface area contributed by atoms with Gasteiger partial charge in [-0.15, -0.1) is 11.3 Å². The summed E-state index contributed by atoms with van der Waals surface area (Å²) in [5, 5.41) is 0.579. The summed E-state index contributed by atoms with van der Waals surface area (Å²) in [6.45, 7) is 2.74. The molecule has 2 N–H and O–H groups in total. The van der Waals surface area contributed by atoms with Crippen LogP contribution in [-0.2, 0) is 9.84 Å². The summed E-state index contributed by atoms with van der Waals surface area (Å²) in [5.41, 5.74) is 6.11. The lowest BCUT2D eigenvalue weighted by Crippen LogP contribution is -2.19. The number of ketones is 1. The summed E-state index contributed by atoms with van der Waals surface area (Å²) in [4.78, 5) is 14.6. The van der Waals surface area contributed by atoms with Gasteiger partial charge in [0, 0.05) is 25.8 Å². The van der Waals surface area contributed by atoms with Gasteiger partial charge in [0.05, 0.1) is 10.6 Å². The van der Waals surface area contributed by atoms with Crippen molar-refractivity contribution >= 4 is 37.6 Å². The fraction of sp³-hybridized carbons (Fsp3) is 0.615. The second-order valence-electron chi connectivity index (χ2n) is 5.31. The molecule has 0 bridgehead atoms. The third kappa shape index (κ3) is 2.83. The molecule has 1 aromatic heterocycles. The number of hydrogen-bond acceptors (Lipinski definition) is 6. The minimum atomic E-state index is -3.45. The molecule has 1 aromatic rings. The largest absolute Gasteiger partial charge is 0.396 e. The van der Waals surface area contributed by atoms with Gasteiger partial charge in [-0.05, 0) is 19.3 Å². The maximum absolute atomic E-state index is 12.2. The van der Waals surface area contributed by atoms with E-state index in [0.29, 0.717) is 9.88 Å². The molecule has 1 aliphatic rings. The Labute approximate surface area is 123 Å². The highest BCUT2D eigenvalue weighted by Crippen LogP contribution is 2.44. The van der Waals surface area contributed by atoms with Crippen LogP contribution in [-0.4, -0.2) is 34.0 Å². The number of thiophene rings is 1. The number of Topliss-reactive ketones (excluding diaryl/α,β-unsaturated/α-hetero) is 1. The second-order valence-corrected chi connectivity index (χ2v) is 8.26. The average molecular weight is 316 g/mol. The summed E-state index contributed by atoms with van der Waals surface area (Å²) in [7, 11) is -1.63. The SMILES string of the molecule is CCCN(C)c1sc(C(=O)C2CC2)c(N)c1S(C)(=O)=O. The van der Waals surface area contributed by atoms with Gasteiger partial charge >= 0.3 is 0 Å². The van der Waals surface area contributed by atoms with E-state index in [1.54, 1.807) is 0 Å². The molecule has 0 atom stereocenters. The van der Waals surface area contributed by atoms with Crippen molar-refractivity contribution in [2.45, 2.75) is 31.1 Å². The molecule has 1 heterocycles. The van der Waals surface area contributed by atoms with Crippen molar-refractivity contribution in [3.8, 4) is 0 Å². The molecule has 0 amide bonds. The maximum atomic E-state index is 12.2. The Morgan fingerprint density at radius 2 is 2.05 bits per heavy atom. The lowest BCUT2D eigenvalue weighted by molar-refractivity contribution is 0.0972. The molecule has 7 heteroatoms. The minimum absolute atomic E-state index is 0.00597. The number of carbonyl (C=O) groups excluding carboxylic acids is 1. The van der Waals surface area contributed by atoms with Crippen LogP contribution in [0.5, 0.6) is 0 Å². The van der Waals surface area contributed by atoms with Gasteiger partial charge in [0.2, 0.25) is 0 Å². The first kappa shape index (κ1) is 15.3. The fourth-order valence-electron chi connectivity index (χ4n) is 2.18. The van der Waals surface area contributed by atoms with Gasteiger partial charge in [0.15, 0.2) is 15.6 Å². The Hall–Kier alpha value is -1.08. The number of rotatable bonds is 6. The lowest BCUT2D eigenvalue weighted by Gasteiger charge is -2.17. The normalized spacial score (nSPS) is 15.3. The zero-order chi connectivity index (χ0) is 15.1. The van der Waals surface area contributed by atoms with Gasteiger partial charge in [0.25, 0.3) is 0 Å². The van der Waals surface area contributed by atoms with Crippen LogP contribution in [0.1, 0.15) is 35.9 Å². The molecule has 20 heavy (non-hydrogen) atoms. The van der Waals surface area contributed by atoms with E-state index >= 15 is 0 Å². The van der Waals surface area contributed by atoms with Crippen LogP contribution in [0, 0.1) is 5.92 Å². The van der Waals surface area contributed by atoms with Gasteiger partial charge < -0.3 is 10.6 Å². The summed E-state index contributed by atoms with van der Waals surface area (Å²) in [6.07, 6.45) is 3.79. The summed E-state index contributed by atoms with van der Waals surface area (Å²) < 4.78 is 24.0. The third-order valence-corrected chi connectivity index (χ3v) is 5.95. The van der Waals surface area contributed by atoms with E-state index < -0.39 is 9.84 Å². The van der Waals surface area contributed by atoms with Crippen LogP contribution in [0.4, 0.5) is 10.7 Å². The Morgan fingerprint density at radius 1 is 1.45 bits per heavy atom. The van der Waals surface area contributed by atoms with Crippen molar-refractivity contribution < 1.29 is 13.2 Å². The van der Waals surface area contributed by atoms with Gasteiger partial charge in [0.1, 0.15) is 9.90 Å². The molecule has 5 nitrogen and oxygen atoms in total. The van der Waals surface area contributed by atoms with Crippen molar-refractivity contribution in [3.63, 3.8) is 0 Å². The van der Waals surface area contributed by atoms with E-state index in [-0.39, 0.29) is 22.3 Å². The topological polar surface area (TPSA) is 80.5 Å². The Bertz CT molecular complexity index is 630. The van der Waals surface area contributed by atoms with Crippen LogP contribution in [0.2, 0.25) is 0 Å². The van der Waals surface area contributed by atoms with Gasteiger partial charge in [-0.1, -0.05) is 6.92 Å². The molecule has 0 saturated heterocycles. The highest BCUT2D eigenvalue weighted by molar-refractivity contribution is 7.91. The van der Waals surface area contributed by atoms with Gasteiger partial charge in [-0.3, -0.25) is 4.79 Å². The number of carbonyl (C=O) groups is 1. The standard InChI is InChI=1S/C13H20N2O3S2/c1-4-7-15(2)13-12(20(3,17)18)9(14)11(19-13)10(16)8-5-6-8/h8H,4-7,14H2,1-3H3. The molecule has 1 saturated carbocycles. The first-order chi connectivity index (χ1) is 9.27. The van der Waals surface area contributed by atoms with E-state index in [1.165, 1.54) is 11.3 Å². The zero-order valence-corrected chi connectivity index (χ0v) is 13.6. The minimum Gasteiger partial charge on any atom is -0.396 e. The van der Waals surface area contributed by atoms with Crippen LogP contribution in [0.15, 0.2) is 4.90 Å². The molecule has 1 fully saturated rings. The van der Waals surface area contributed by atoms with E-state index in [0.717, 1.165) is 32.1 Å². The fourth-order valence-corrected chi connectivity index (χ4v) is 4.92. The van der Waals surface area contributed by atoms with Crippen molar-refractivity contribution in [2.24, 2.45) is 5.92 Å². The van der Waals surface area contributed by atoms with Crippen molar-refractivity contribution in [1.82, 2.24) is 0 Å². The monoisotopic (exact) mass is 316 g/mol. The number of nitrogen functional groups attached to an aromatic ring is 1. The number of hydrogen-bond donors (Lipinski definition) is 1. The Balaban J connectivity index is 2.54. The number of sulfone groups is 1. The maximum Gasteiger partial charge on any atom is 0.180 e. The summed E-state index contributed by atoms with van der Waals surface area (Å²) in [6, 6.07) is 0. The van der Waals surface area contributed by atoms with E-state index in [4.69, 9.17) is 5.73 Å². The predicted octanol–water partition coefficient (Wildman–Crippen LogP) is 2.17. The van der Waals surface area contributed by atoms with Crippen LogP contribution in [0.25, 0.3) is 0 Å². The molecule has 0 aromatic carbocycles. The molecule has 112 valence electrons. The molecule has 0 spiro atoms. The highest BCUT2D eigenvalue weighted by Gasteiger charge is 2.36. The molecular weight excluding hydrogens is 296 g/mol. The van der Waals surface area contributed by atoms with Crippen molar-refractivity contribution in [2.75, 3.05) is 30.5 Å². The summed E-state index contributed by atoms with van der Waals surface area (Å²) >= 11 is 1.21. The average Bonchev–Trinajstić information content (AvgIpc) is 3.10. The zero-order valence-electron chi connectivity index (χ0n) is 12.0. The van der Waals surface area contributed by atoms with Crippen molar-refractivity contribution in [3.05, 3.63) is 4.88 Å². The Kier molecular flexibility index (Phi) is 4.11. The number of nitrogens with two attached hydrogens (primary N) is 1. The molecule has 0 radical (unpaired) electrons. The molecular formula is C13H20N2O3S2. The van der Waals surface area contributed by atoms with Crippen LogP contribution >= 0.6 is 11.3 Å². The predicted molar refractivity (Wildman–Crippen MR) is 82.5 cm³/mol. The highest BCUT2D eigenvalue weighted by atomic mass is 32.2. The van der Waals surface area contributed by atoms with E-state index in [2.05, 4.69) is 0 Å². The van der Waals surface area contributed by atoms with Crippen LogP contribution in [0.3, 0.4) is 0 Å². The first-order valence-corrected chi connectivity index (χ1v) is 9.35. The Morgan fingerprint density at radius 3 is 2.50 bits per heavy atom. The van der Waals surface area contributed by atoms with Crippen molar-refractivity contribution in [1.29, 1.82) is 0 Å². The molecule has 2 rings (SSSR count).